The molecular weight excluding hydrogens is 328 g/mol. The summed E-state index contributed by atoms with van der Waals surface area (Å²) in [7, 11) is 0. The Labute approximate surface area is 126 Å². The zero-order chi connectivity index (χ0) is 14.0. The molecule has 2 aromatic rings. The Morgan fingerprint density at radius 2 is 2.05 bits per heavy atom. The maximum absolute atomic E-state index is 5.88. The molecule has 0 atom stereocenters. The van der Waals surface area contributed by atoms with E-state index in [2.05, 4.69) is 45.8 Å². The molecule has 0 aliphatic rings. The standard InChI is InChI=1S/C14H14BrClN2O/c1-8(2)11-6-10(15)4-5-12(11)19-13-9(3)7-17-14(16)18-13/h4-8H,1-3H3. The van der Waals surface area contributed by atoms with Gasteiger partial charge in [-0.15, -0.1) is 0 Å². The van der Waals surface area contributed by atoms with E-state index >= 15 is 0 Å². The van der Waals surface area contributed by atoms with Gasteiger partial charge < -0.3 is 4.74 Å². The summed E-state index contributed by atoms with van der Waals surface area (Å²) in [6, 6.07) is 5.92. The number of rotatable bonds is 3. The van der Waals surface area contributed by atoms with Gasteiger partial charge in [-0.25, -0.2) is 4.98 Å². The average Bonchev–Trinajstić information content (AvgIpc) is 2.35. The van der Waals surface area contributed by atoms with Crippen molar-refractivity contribution < 1.29 is 4.74 Å². The number of benzene rings is 1. The average molecular weight is 342 g/mol. The van der Waals surface area contributed by atoms with Gasteiger partial charge in [0, 0.05) is 16.2 Å². The molecule has 0 bridgehead atoms. The Bertz CT molecular complexity index is 602. The molecule has 0 saturated heterocycles. The van der Waals surface area contributed by atoms with Crippen LogP contribution in [0.5, 0.6) is 11.6 Å². The second-order valence-corrected chi connectivity index (χ2v) is 5.82. The van der Waals surface area contributed by atoms with Crippen LogP contribution in [0.15, 0.2) is 28.9 Å². The molecule has 0 amide bonds. The molecule has 3 nitrogen and oxygen atoms in total. The first-order valence-corrected chi connectivity index (χ1v) is 7.11. The maximum atomic E-state index is 5.88. The zero-order valence-electron chi connectivity index (χ0n) is 10.9. The van der Waals surface area contributed by atoms with Crippen molar-refractivity contribution in [1.29, 1.82) is 0 Å². The minimum Gasteiger partial charge on any atom is -0.438 e. The summed E-state index contributed by atoms with van der Waals surface area (Å²) in [5.41, 5.74) is 1.96. The molecule has 1 heterocycles. The molecular formula is C14H14BrClN2O. The van der Waals surface area contributed by atoms with Crippen LogP contribution in [-0.2, 0) is 0 Å². The van der Waals surface area contributed by atoms with Gasteiger partial charge >= 0.3 is 0 Å². The SMILES string of the molecule is Cc1cnc(Cl)nc1Oc1ccc(Br)cc1C(C)C. The van der Waals surface area contributed by atoms with Crippen LogP contribution in [0.1, 0.15) is 30.9 Å². The van der Waals surface area contributed by atoms with Gasteiger partial charge in [0.1, 0.15) is 5.75 Å². The summed E-state index contributed by atoms with van der Waals surface area (Å²) in [5.74, 6) is 1.63. The van der Waals surface area contributed by atoms with Gasteiger partial charge in [0.25, 0.3) is 0 Å². The van der Waals surface area contributed by atoms with Crippen molar-refractivity contribution in [2.45, 2.75) is 26.7 Å². The van der Waals surface area contributed by atoms with Crippen molar-refractivity contribution in [2.75, 3.05) is 0 Å². The van der Waals surface area contributed by atoms with Crippen LogP contribution >= 0.6 is 27.5 Å². The number of halogens is 2. The molecule has 0 fully saturated rings. The molecule has 19 heavy (non-hydrogen) atoms. The number of ether oxygens (including phenoxy) is 1. The Morgan fingerprint density at radius 1 is 1.32 bits per heavy atom. The summed E-state index contributed by atoms with van der Waals surface area (Å²) in [4.78, 5) is 8.03. The number of nitrogens with zero attached hydrogens (tertiary/aromatic N) is 2. The minimum absolute atomic E-state index is 0.184. The van der Waals surface area contributed by atoms with Crippen LogP contribution in [0.4, 0.5) is 0 Å². The highest BCUT2D eigenvalue weighted by Gasteiger charge is 2.12. The van der Waals surface area contributed by atoms with Crippen molar-refractivity contribution in [3.63, 3.8) is 0 Å². The lowest BCUT2D eigenvalue weighted by atomic mass is 10.0. The predicted octanol–water partition coefficient (Wildman–Crippen LogP) is 5.12. The van der Waals surface area contributed by atoms with Gasteiger partial charge in [-0.05, 0) is 48.2 Å². The van der Waals surface area contributed by atoms with Gasteiger partial charge in [-0.1, -0.05) is 29.8 Å². The molecule has 1 aromatic carbocycles. The number of aryl methyl sites for hydroxylation is 1. The largest absolute Gasteiger partial charge is 0.438 e. The fourth-order valence-electron chi connectivity index (χ4n) is 1.68. The second-order valence-electron chi connectivity index (χ2n) is 4.57. The lowest BCUT2D eigenvalue weighted by molar-refractivity contribution is 0.449. The highest BCUT2D eigenvalue weighted by atomic mass is 79.9. The van der Waals surface area contributed by atoms with Crippen LogP contribution in [-0.4, -0.2) is 9.97 Å². The molecule has 1 aromatic heterocycles. The van der Waals surface area contributed by atoms with E-state index in [1.54, 1.807) is 6.20 Å². The van der Waals surface area contributed by atoms with Crippen LogP contribution in [0, 0.1) is 6.92 Å². The first-order valence-electron chi connectivity index (χ1n) is 5.94. The van der Waals surface area contributed by atoms with E-state index in [9.17, 15) is 0 Å². The molecule has 0 aliphatic carbocycles. The van der Waals surface area contributed by atoms with Crippen molar-refractivity contribution >= 4 is 27.5 Å². The highest BCUT2D eigenvalue weighted by molar-refractivity contribution is 9.10. The zero-order valence-corrected chi connectivity index (χ0v) is 13.3. The quantitative estimate of drug-likeness (QED) is 0.727. The molecule has 0 unspecified atom stereocenters. The van der Waals surface area contributed by atoms with Gasteiger partial charge in [0.05, 0.1) is 0 Å². The Hall–Kier alpha value is -1.13. The minimum atomic E-state index is 0.184. The Morgan fingerprint density at radius 3 is 2.74 bits per heavy atom. The molecule has 5 heteroatoms. The third kappa shape index (κ3) is 3.45. The maximum Gasteiger partial charge on any atom is 0.226 e. The summed E-state index contributed by atoms with van der Waals surface area (Å²) < 4.78 is 6.91. The van der Waals surface area contributed by atoms with Crippen molar-refractivity contribution in [1.82, 2.24) is 9.97 Å². The third-order valence-electron chi connectivity index (χ3n) is 2.70. The first-order chi connectivity index (χ1) is 8.97. The van der Waals surface area contributed by atoms with Crippen LogP contribution in [0.2, 0.25) is 5.28 Å². The third-order valence-corrected chi connectivity index (χ3v) is 3.37. The number of aromatic nitrogens is 2. The number of hydrogen-bond acceptors (Lipinski definition) is 3. The van der Waals surface area contributed by atoms with E-state index in [4.69, 9.17) is 16.3 Å². The van der Waals surface area contributed by atoms with Gasteiger partial charge in [0.15, 0.2) is 0 Å². The predicted molar refractivity (Wildman–Crippen MR) is 80.1 cm³/mol. The molecule has 0 aliphatic heterocycles. The fraction of sp³-hybridized carbons (Fsp3) is 0.286. The fourth-order valence-corrected chi connectivity index (χ4v) is 2.18. The van der Waals surface area contributed by atoms with Gasteiger partial charge in [0.2, 0.25) is 11.2 Å². The Balaban J connectivity index is 2.40. The smallest absolute Gasteiger partial charge is 0.226 e. The number of hydrogen-bond donors (Lipinski definition) is 0. The second kappa shape index (κ2) is 5.88. The topological polar surface area (TPSA) is 35.0 Å². The highest BCUT2D eigenvalue weighted by Crippen LogP contribution is 2.33. The van der Waals surface area contributed by atoms with Crippen LogP contribution in [0.3, 0.4) is 0 Å². The van der Waals surface area contributed by atoms with Crippen molar-refractivity contribution in [3.8, 4) is 11.6 Å². The van der Waals surface area contributed by atoms with E-state index in [1.807, 2.05) is 19.1 Å². The van der Waals surface area contributed by atoms with Crippen LogP contribution < -0.4 is 4.74 Å². The normalized spacial score (nSPS) is 10.8. The van der Waals surface area contributed by atoms with E-state index in [1.165, 1.54) is 0 Å². The van der Waals surface area contributed by atoms with E-state index in [0.717, 1.165) is 21.3 Å². The summed E-state index contributed by atoms with van der Waals surface area (Å²) in [5, 5.41) is 0.184. The molecule has 0 radical (unpaired) electrons. The van der Waals surface area contributed by atoms with E-state index in [0.29, 0.717) is 11.8 Å². The summed E-state index contributed by atoms with van der Waals surface area (Å²) in [6.45, 7) is 6.13. The summed E-state index contributed by atoms with van der Waals surface area (Å²) in [6.07, 6.45) is 1.65. The van der Waals surface area contributed by atoms with E-state index in [-0.39, 0.29) is 5.28 Å². The van der Waals surface area contributed by atoms with Crippen molar-refractivity contribution in [2.24, 2.45) is 0 Å². The molecule has 100 valence electrons. The first kappa shape index (κ1) is 14.3. The summed E-state index contributed by atoms with van der Waals surface area (Å²) >= 11 is 9.27. The van der Waals surface area contributed by atoms with Crippen molar-refractivity contribution in [3.05, 3.63) is 45.3 Å². The molecule has 0 saturated carbocycles. The van der Waals surface area contributed by atoms with Crippen LogP contribution in [0.25, 0.3) is 0 Å². The van der Waals surface area contributed by atoms with Gasteiger partial charge in [-0.3, -0.25) is 0 Å². The lowest BCUT2D eigenvalue weighted by Gasteiger charge is -2.14. The monoisotopic (exact) mass is 340 g/mol. The Kier molecular flexibility index (Phi) is 4.42. The lowest BCUT2D eigenvalue weighted by Crippen LogP contribution is -1.98. The molecule has 2 rings (SSSR count). The van der Waals surface area contributed by atoms with E-state index < -0.39 is 0 Å². The molecule has 0 N–H and O–H groups in total. The van der Waals surface area contributed by atoms with Gasteiger partial charge in [-0.2, -0.15) is 4.98 Å². The molecule has 0 spiro atoms.